The first kappa shape index (κ1) is 14.2. The van der Waals surface area contributed by atoms with Crippen molar-refractivity contribution in [1.82, 2.24) is 4.90 Å². The molecule has 0 N–H and O–H groups in total. The van der Waals surface area contributed by atoms with Gasteiger partial charge < -0.3 is 0 Å². The Kier molecular flexibility index (Phi) is 7.74. The van der Waals surface area contributed by atoms with Gasteiger partial charge in [-0.3, -0.25) is 4.90 Å². The van der Waals surface area contributed by atoms with Crippen LogP contribution in [-0.4, -0.2) is 18.0 Å². The molecule has 0 saturated heterocycles. The normalized spacial score (nSPS) is 11.0. The average Bonchev–Trinajstić information content (AvgIpc) is 2.37. The van der Waals surface area contributed by atoms with Crippen LogP contribution in [0.4, 0.5) is 0 Å². The van der Waals surface area contributed by atoms with E-state index < -0.39 is 0 Å². The predicted molar refractivity (Wildman–Crippen MR) is 76.2 cm³/mol. The Balaban J connectivity index is 2.39. The van der Waals surface area contributed by atoms with E-state index in [1.165, 1.54) is 50.8 Å². The maximum absolute atomic E-state index is 2.61. The Morgan fingerprint density at radius 2 is 1.47 bits per heavy atom. The van der Waals surface area contributed by atoms with Crippen LogP contribution in [0.5, 0.6) is 0 Å². The lowest BCUT2D eigenvalue weighted by molar-refractivity contribution is 0.255. The molecule has 0 aliphatic rings. The van der Waals surface area contributed by atoms with E-state index in [4.69, 9.17) is 0 Å². The largest absolute Gasteiger partial charge is 0.299 e. The van der Waals surface area contributed by atoms with E-state index >= 15 is 0 Å². The van der Waals surface area contributed by atoms with Crippen LogP contribution in [0.3, 0.4) is 0 Å². The summed E-state index contributed by atoms with van der Waals surface area (Å²) in [6.45, 7) is 8.16. The van der Waals surface area contributed by atoms with E-state index in [1.54, 1.807) is 0 Å². The summed E-state index contributed by atoms with van der Waals surface area (Å²) in [5.74, 6) is 0. The second-order valence-electron chi connectivity index (χ2n) is 4.82. The van der Waals surface area contributed by atoms with Gasteiger partial charge >= 0.3 is 0 Å². The molecule has 0 aliphatic heterocycles. The predicted octanol–water partition coefficient (Wildman–Crippen LogP) is 4.48. The summed E-state index contributed by atoms with van der Waals surface area (Å²) >= 11 is 0. The molecule has 0 atom stereocenters. The molecule has 0 spiro atoms. The van der Waals surface area contributed by atoms with Crippen molar-refractivity contribution in [1.29, 1.82) is 0 Å². The smallest absolute Gasteiger partial charge is 0.0233 e. The van der Waals surface area contributed by atoms with E-state index in [0.717, 1.165) is 6.54 Å². The Labute approximate surface area is 107 Å². The first-order valence-electron chi connectivity index (χ1n) is 7.13. The quantitative estimate of drug-likeness (QED) is 0.568. The van der Waals surface area contributed by atoms with Crippen LogP contribution in [0.1, 0.15) is 51.5 Å². The minimum Gasteiger partial charge on any atom is -0.299 e. The number of benzene rings is 1. The van der Waals surface area contributed by atoms with Gasteiger partial charge in [0, 0.05) is 6.54 Å². The van der Waals surface area contributed by atoms with Gasteiger partial charge in [-0.05, 0) is 31.5 Å². The molecule has 0 radical (unpaired) electrons. The van der Waals surface area contributed by atoms with Crippen molar-refractivity contribution in [2.24, 2.45) is 0 Å². The van der Waals surface area contributed by atoms with Crippen molar-refractivity contribution < 1.29 is 0 Å². The van der Waals surface area contributed by atoms with Crippen LogP contribution in [0, 0.1) is 0 Å². The minimum absolute atomic E-state index is 1.12. The molecular weight excluding hydrogens is 206 g/mol. The summed E-state index contributed by atoms with van der Waals surface area (Å²) in [5.41, 5.74) is 1.44. The van der Waals surface area contributed by atoms with Gasteiger partial charge in [0.25, 0.3) is 0 Å². The van der Waals surface area contributed by atoms with Gasteiger partial charge in [0.15, 0.2) is 0 Å². The Morgan fingerprint density at radius 3 is 2.12 bits per heavy atom. The Morgan fingerprint density at radius 1 is 0.824 bits per heavy atom. The van der Waals surface area contributed by atoms with Gasteiger partial charge in [-0.1, -0.05) is 63.4 Å². The van der Waals surface area contributed by atoms with E-state index in [2.05, 4.69) is 49.1 Å². The molecule has 0 saturated carbocycles. The van der Waals surface area contributed by atoms with Gasteiger partial charge in [0.2, 0.25) is 0 Å². The molecule has 0 bridgehead atoms. The summed E-state index contributed by atoms with van der Waals surface area (Å²) in [6.07, 6.45) is 6.62. The lowest BCUT2D eigenvalue weighted by Gasteiger charge is -2.22. The molecule has 0 aromatic heterocycles. The summed E-state index contributed by atoms with van der Waals surface area (Å²) in [6, 6.07) is 10.8. The molecule has 17 heavy (non-hydrogen) atoms. The highest BCUT2D eigenvalue weighted by Gasteiger charge is 2.04. The minimum atomic E-state index is 1.12. The van der Waals surface area contributed by atoms with Crippen molar-refractivity contribution in [3.8, 4) is 0 Å². The fourth-order valence-corrected chi connectivity index (χ4v) is 2.08. The van der Waals surface area contributed by atoms with Crippen LogP contribution >= 0.6 is 0 Å². The van der Waals surface area contributed by atoms with E-state index in [-0.39, 0.29) is 0 Å². The first-order valence-corrected chi connectivity index (χ1v) is 7.13. The number of hydrogen-bond donors (Lipinski definition) is 0. The lowest BCUT2D eigenvalue weighted by Crippen LogP contribution is -2.25. The Bertz CT molecular complexity index is 268. The molecule has 1 aromatic carbocycles. The van der Waals surface area contributed by atoms with E-state index in [9.17, 15) is 0 Å². The van der Waals surface area contributed by atoms with Gasteiger partial charge in [0.05, 0.1) is 0 Å². The number of nitrogens with zero attached hydrogens (tertiary/aromatic N) is 1. The van der Waals surface area contributed by atoms with Crippen LogP contribution in [0.25, 0.3) is 0 Å². The zero-order valence-corrected chi connectivity index (χ0v) is 11.5. The summed E-state index contributed by atoms with van der Waals surface area (Å²) in [7, 11) is 0. The third kappa shape index (κ3) is 6.48. The molecule has 0 unspecified atom stereocenters. The zero-order valence-electron chi connectivity index (χ0n) is 11.5. The standard InChI is InChI=1S/C16H27N/c1-3-5-10-14-17(13-6-4-2)15-16-11-8-7-9-12-16/h7-9,11-12H,3-6,10,13-15H2,1-2H3. The van der Waals surface area contributed by atoms with E-state index in [1.807, 2.05) is 0 Å². The molecule has 1 rings (SSSR count). The fraction of sp³-hybridized carbons (Fsp3) is 0.625. The highest BCUT2D eigenvalue weighted by atomic mass is 15.1. The molecule has 1 aromatic rings. The number of unbranched alkanes of at least 4 members (excludes halogenated alkanes) is 3. The third-order valence-corrected chi connectivity index (χ3v) is 3.15. The topological polar surface area (TPSA) is 3.24 Å². The summed E-state index contributed by atoms with van der Waals surface area (Å²) in [5, 5.41) is 0. The molecule has 1 heteroatoms. The molecule has 96 valence electrons. The van der Waals surface area contributed by atoms with Gasteiger partial charge in [0.1, 0.15) is 0 Å². The van der Waals surface area contributed by atoms with Gasteiger partial charge in [-0.15, -0.1) is 0 Å². The summed E-state index contributed by atoms with van der Waals surface area (Å²) < 4.78 is 0. The van der Waals surface area contributed by atoms with Crippen LogP contribution in [0.2, 0.25) is 0 Å². The molecule has 0 amide bonds. The van der Waals surface area contributed by atoms with Gasteiger partial charge in [-0.2, -0.15) is 0 Å². The van der Waals surface area contributed by atoms with Gasteiger partial charge in [-0.25, -0.2) is 0 Å². The van der Waals surface area contributed by atoms with E-state index in [0.29, 0.717) is 0 Å². The average molecular weight is 233 g/mol. The molecule has 0 fully saturated rings. The summed E-state index contributed by atoms with van der Waals surface area (Å²) in [4.78, 5) is 2.61. The van der Waals surface area contributed by atoms with Crippen molar-refractivity contribution >= 4 is 0 Å². The molecule has 0 heterocycles. The molecular formula is C16H27N. The third-order valence-electron chi connectivity index (χ3n) is 3.15. The SMILES string of the molecule is CCCCCN(CCCC)Cc1ccccc1. The van der Waals surface area contributed by atoms with Crippen LogP contribution in [-0.2, 0) is 6.54 Å². The van der Waals surface area contributed by atoms with Crippen molar-refractivity contribution in [2.75, 3.05) is 13.1 Å². The second kappa shape index (κ2) is 9.23. The van der Waals surface area contributed by atoms with Crippen molar-refractivity contribution in [3.63, 3.8) is 0 Å². The molecule has 0 aliphatic carbocycles. The maximum Gasteiger partial charge on any atom is 0.0233 e. The number of hydrogen-bond acceptors (Lipinski definition) is 1. The maximum atomic E-state index is 2.61. The zero-order chi connectivity index (χ0) is 12.3. The first-order chi connectivity index (χ1) is 8.36. The fourth-order valence-electron chi connectivity index (χ4n) is 2.08. The monoisotopic (exact) mass is 233 g/mol. The highest BCUT2D eigenvalue weighted by Crippen LogP contribution is 2.08. The Hall–Kier alpha value is -0.820. The van der Waals surface area contributed by atoms with Crippen LogP contribution in [0.15, 0.2) is 30.3 Å². The second-order valence-corrected chi connectivity index (χ2v) is 4.82. The van der Waals surface area contributed by atoms with Crippen LogP contribution < -0.4 is 0 Å². The van der Waals surface area contributed by atoms with Crippen molar-refractivity contribution in [2.45, 2.75) is 52.5 Å². The van der Waals surface area contributed by atoms with Crippen molar-refractivity contribution in [3.05, 3.63) is 35.9 Å². The number of rotatable bonds is 9. The molecule has 1 nitrogen and oxygen atoms in total. The highest BCUT2D eigenvalue weighted by molar-refractivity contribution is 5.14. The lowest BCUT2D eigenvalue weighted by atomic mass is 10.2.